The van der Waals surface area contributed by atoms with Gasteiger partial charge in [-0.15, -0.1) is 9.94 Å². The van der Waals surface area contributed by atoms with Crippen LogP contribution in [0.4, 0.5) is 0 Å². The first kappa shape index (κ1) is 6.04. The zero-order valence-electron chi connectivity index (χ0n) is 5.34. The van der Waals surface area contributed by atoms with Gasteiger partial charge in [-0.25, -0.2) is 0 Å². The van der Waals surface area contributed by atoms with Gasteiger partial charge in [-0.2, -0.15) is 0 Å². The van der Waals surface area contributed by atoms with Gasteiger partial charge in [0.15, 0.2) is 5.15 Å². The average molecular weight is 159 g/mol. The van der Waals surface area contributed by atoms with Crippen LogP contribution >= 0.6 is 11.6 Å². The molecule has 1 aromatic heterocycles. The largest absolute Gasteiger partial charge is 0.411 e. The molecule has 0 saturated carbocycles. The summed E-state index contributed by atoms with van der Waals surface area (Å²) in [5.41, 5.74) is 1.90. The first-order valence-electron chi connectivity index (χ1n) is 3.24. The van der Waals surface area contributed by atoms with Crippen LogP contribution in [0.1, 0.15) is 17.7 Å². The van der Waals surface area contributed by atoms with E-state index in [1.807, 2.05) is 0 Å². The minimum atomic E-state index is 0.454. The minimum Gasteiger partial charge on any atom is -0.411 e. The van der Waals surface area contributed by atoms with Crippen molar-refractivity contribution in [2.45, 2.75) is 19.3 Å². The maximum Gasteiger partial charge on any atom is 0.158 e. The topological polar surface area (TPSA) is 38.0 Å². The van der Waals surface area contributed by atoms with Crippen LogP contribution in [0, 0.1) is 0 Å². The Labute approximate surface area is 63.2 Å². The molecule has 4 heteroatoms. The van der Waals surface area contributed by atoms with Gasteiger partial charge < -0.3 is 5.21 Å². The molecule has 0 atom stereocenters. The Bertz CT molecular complexity index is 244. The van der Waals surface area contributed by atoms with E-state index in [-0.39, 0.29) is 0 Å². The monoisotopic (exact) mass is 158 g/mol. The second kappa shape index (κ2) is 1.89. The number of rotatable bonds is 0. The molecule has 0 spiro atoms. The molecule has 0 aliphatic heterocycles. The molecular formula is C6H7ClN2O. The van der Waals surface area contributed by atoms with Crippen molar-refractivity contribution in [2.24, 2.45) is 0 Å². The van der Waals surface area contributed by atoms with Crippen LogP contribution < -0.4 is 0 Å². The molecule has 1 aliphatic rings. The lowest BCUT2D eigenvalue weighted by atomic mass is 10.3. The fourth-order valence-corrected chi connectivity index (χ4v) is 1.65. The molecule has 2 rings (SSSR count). The third-order valence-corrected chi connectivity index (χ3v) is 2.17. The molecular weight excluding hydrogens is 152 g/mol. The van der Waals surface area contributed by atoms with E-state index in [0.717, 1.165) is 35.4 Å². The van der Waals surface area contributed by atoms with Crippen LogP contribution in [0.25, 0.3) is 0 Å². The fourth-order valence-electron chi connectivity index (χ4n) is 1.37. The van der Waals surface area contributed by atoms with E-state index in [0.29, 0.717) is 5.15 Å². The van der Waals surface area contributed by atoms with E-state index in [1.165, 1.54) is 0 Å². The van der Waals surface area contributed by atoms with Gasteiger partial charge in [0.25, 0.3) is 0 Å². The molecule has 1 aliphatic carbocycles. The van der Waals surface area contributed by atoms with Crippen LogP contribution in [0.2, 0.25) is 5.15 Å². The maximum absolute atomic E-state index is 9.07. The average Bonchev–Trinajstić information content (AvgIpc) is 2.39. The second-order valence-corrected chi connectivity index (χ2v) is 2.82. The van der Waals surface area contributed by atoms with Crippen molar-refractivity contribution in [3.05, 3.63) is 16.4 Å². The molecule has 0 bridgehead atoms. The lowest BCUT2D eigenvalue weighted by Gasteiger charge is -1.90. The fraction of sp³-hybridized carbons (Fsp3) is 0.500. The van der Waals surface area contributed by atoms with E-state index >= 15 is 0 Å². The quantitative estimate of drug-likeness (QED) is 0.578. The Balaban J connectivity index is 2.61. The summed E-state index contributed by atoms with van der Waals surface area (Å²) in [7, 11) is 0. The van der Waals surface area contributed by atoms with Crippen molar-refractivity contribution in [1.29, 1.82) is 0 Å². The highest BCUT2D eigenvalue weighted by molar-refractivity contribution is 6.30. The van der Waals surface area contributed by atoms with Gasteiger partial charge in [0.05, 0.1) is 5.69 Å². The second-order valence-electron chi connectivity index (χ2n) is 2.46. The molecule has 1 heterocycles. The van der Waals surface area contributed by atoms with Gasteiger partial charge in [0.1, 0.15) is 0 Å². The summed E-state index contributed by atoms with van der Waals surface area (Å²) in [5, 5.41) is 13.2. The highest BCUT2D eigenvalue weighted by Gasteiger charge is 2.20. The smallest absolute Gasteiger partial charge is 0.158 e. The highest BCUT2D eigenvalue weighted by Crippen LogP contribution is 2.27. The van der Waals surface area contributed by atoms with E-state index < -0.39 is 0 Å². The lowest BCUT2D eigenvalue weighted by molar-refractivity contribution is 0.140. The number of fused-ring (bicyclic) bond motifs is 1. The predicted molar refractivity (Wildman–Crippen MR) is 36.4 cm³/mol. The third kappa shape index (κ3) is 0.639. The summed E-state index contributed by atoms with van der Waals surface area (Å²) in [6.45, 7) is 0. The summed E-state index contributed by atoms with van der Waals surface area (Å²) in [4.78, 5) is 0.894. The summed E-state index contributed by atoms with van der Waals surface area (Å²) in [5.74, 6) is 0. The van der Waals surface area contributed by atoms with Gasteiger partial charge in [-0.1, -0.05) is 11.6 Å². The van der Waals surface area contributed by atoms with Gasteiger partial charge in [-0.3, -0.25) is 0 Å². The summed E-state index contributed by atoms with van der Waals surface area (Å²) < 4.78 is 0. The first-order valence-corrected chi connectivity index (χ1v) is 3.62. The number of nitrogens with zero attached hydrogens (tertiary/aromatic N) is 2. The van der Waals surface area contributed by atoms with Crippen molar-refractivity contribution in [3.8, 4) is 0 Å². The summed E-state index contributed by atoms with van der Waals surface area (Å²) in [6, 6.07) is 0. The van der Waals surface area contributed by atoms with Crippen LogP contribution in [0.5, 0.6) is 0 Å². The lowest BCUT2D eigenvalue weighted by Crippen LogP contribution is -1.97. The van der Waals surface area contributed by atoms with Crippen LogP contribution in [-0.4, -0.2) is 15.2 Å². The van der Waals surface area contributed by atoms with Crippen molar-refractivity contribution in [1.82, 2.24) is 9.94 Å². The molecule has 3 nitrogen and oxygen atoms in total. The number of aromatic nitrogens is 2. The molecule has 54 valence electrons. The Morgan fingerprint density at radius 2 is 2.30 bits per heavy atom. The molecule has 1 aromatic rings. The Kier molecular flexibility index (Phi) is 1.14. The molecule has 0 unspecified atom stereocenters. The van der Waals surface area contributed by atoms with Crippen LogP contribution in [0.3, 0.4) is 0 Å². The van der Waals surface area contributed by atoms with Crippen molar-refractivity contribution in [2.75, 3.05) is 0 Å². The van der Waals surface area contributed by atoms with Gasteiger partial charge in [-0.05, 0) is 19.3 Å². The van der Waals surface area contributed by atoms with Crippen molar-refractivity contribution in [3.63, 3.8) is 0 Å². The Morgan fingerprint density at radius 1 is 1.50 bits per heavy atom. The molecule has 0 amide bonds. The highest BCUT2D eigenvalue weighted by atomic mass is 35.5. The van der Waals surface area contributed by atoms with E-state index in [9.17, 15) is 0 Å². The summed E-state index contributed by atoms with van der Waals surface area (Å²) >= 11 is 5.70. The van der Waals surface area contributed by atoms with Gasteiger partial charge in [0, 0.05) is 5.56 Å². The van der Waals surface area contributed by atoms with Crippen LogP contribution in [-0.2, 0) is 12.8 Å². The van der Waals surface area contributed by atoms with Crippen molar-refractivity contribution < 1.29 is 5.21 Å². The molecule has 0 radical (unpaired) electrons. The van der Waals surface area contributed by atoms with Gasteiger partial charge in [0.2, 0.25) is 0 Å². The van der Waals surface area contributed by atoms with Gasteiger partial charge >= 0.3 is 0 Å². The van der Waals surface area contributed by atoms with Crippen LogP contribution in [0.15, 0.2) is 0 Å². The molecule has 0 aromatic carbocycles. The standard InChI is InChI=1S/C6H7ClN2O/c7-6-4-2-1-3-5(4)9(10)8-6/h10H,1-3H2. The van der Waals surface area contributed by atoms with E-state index in [2.05, 4.69) is 5.10 Å². The molecule has 0 fully saturated rings. The normalized spacial score (nSPS) is 15.7. The number of hydrogen-bond donors (Lipinski definition) is 1. The Hall–Kier alpha value is -0.700. The Morgan fingerprint density at radius 3 is 3.00 bits per heavy atom. The van der Waals surface area contributed by atoms with E-state index in [4.69, 9.17) is 16.8 Å². The zero-order chi connectivity index (χ0) is 7.14. The first-order chi connectivity index (χ1) is 4.79. The predicted octanol–water partition coefficient (Wildman–Crippen LogP) is 1.26. The van der Waals surface area contributed by atoms with Crippen molar-refractivity contribution >= 4 is 11.6 Å². The molecule has 10 heavy (non-hydrogen) atoms. The number of hydrogen-bond acceptors (Lipinski definition) is 2. The SMILES string of the molecule is On1nc(Cl)c2c1CCC2. The summed E-state index contributed by atoms with van der Waals surface area (Å²) in [6.07, 6.45) is 2.92. The third-order valence-electron chi connectivity index (χ3n) is 1.86. The molecule has 0 saturated heterocycles. The maximum atomic E-state index is 9.07. The minimum absolute atomic E-state index is 0.454. The molecule has 1 N–H and O–H groups in total. The zero-order valence-corrected chi connectivity index (χ0v) is 6.10. The number of halogens is 1. The van der Waals surface area contributed by atoms with E-state index in [1.54, 1.807) is 0 Å².